The minimum atomic E-state index is -3.59. The number of hydrogen-bond donors (Lipinski definition) is 2. The van der Waals surface area contributed by atoms with E-state index in [4.69, 9.17) is 0 Å². The van der Waals surface area contributed by atoms with Crippen LogP contribution in [-0.4, -0.2) is 29.7 Å². The molecule has 8 nitrogen and oxygen atoms in total. The van der Waals surface area contributed by atoms with Crippen LogP contribution in [0.25, 0.3) is 0 Å². The molecule has 0 spiro atoms. The van der Waals surface area contributed by atoms with Gasteiger partial charge in [-0.1, -0.05) is 12.1 Å². The van der Waals surface area contributed by atoms with Crippen LogP contribution in [-0.2, 0) is 30.2 Å². The van der Waals surface area contributed by atoms with Crippen molar-refractivity contribution in [2.45, 2.75) is 31.3 Å². The molecule has 0 aliphatic carbocycles. The van der Waals surface area contributed by atoms with Gasteiger partial charge in [-0.2, -0.15) is 4.98 Å². The second-order valence-electron chi connectivity index (χ2n) is 4.63. The summed E-state index contributed by atoms with van der Waals surface area (Å²) in [6.07, 6.45) is 3.77. The number of sulfonamides is 1. The molecule has 21 heavy (non-hydrogen) atoms. The molecule has 0 unspecified atom stereocenters. The summed E-state index contributed by atoms with van der Waals surface area (Å²) >= 11 is 0. The van der Waals surface area contributed by atoms with Crippen molar-refractivity contribution in [3.8, 4) is 0 Å². The molecule has 0 saturated heterocycles. The third kappa shape index (κ3) is 4.13. The van der Waals surface area contributed by atoms with E-state index in [9.17, 15) is 8.42 Å². The first kappa shape index (κ1) is 15.7. The fourth-order valence-electron chi connectivity index (χ4n) is 1.81. The van der Waals surface area contributed by atoms with E-state index in [1.54, 1.807) is 16.8 Å². The van der Waals surface area contributed by atoms with E-state index in [1.807, 2.05) is 7.05 Å². The lowest BCUT2D eigenvalue weighted by atomic mass is 10.4. The molecular weight excluding hydrogens is 294 g/mol. The molecule has 0 amide bonds. The number of nitrogens with one attached hydrogen (secondary N) is 2. The van der Waals surface area contributed by atoms with Gasteiger partial charge in [-0.3, -0.25) is 0 Å². The van der Waals surface area contributed by atoms with Gasteiger partial charge >= 0.3 is 0 Å². The standard InChI is InChI=1S/C12H19N5O3S/c1-3-4-13-6-10-5-11(8-17(10)2)21(18,19)15-7-12-14-9-20-16-12/h5,8-9,13,15H,3-4,6-7H2,1-2H3. The lowest BCUT2D eigenvalue weighted by molar-refractivity contribution is 0.409. The van der Waals surface area contributed by atoms with Gasteiger partial charge < -0.3 is 14.4 Å². The molecule has 0 aromatic carbocycles. The van der Waals surface area contributed by atoms with Crippen molar-refractivity contribution in [3.63, 3.8) is 0 Å². The molecule has 0 atom stereocenters. The van der Waals surface area contributed by atoms with Crippen molar-refractivity contribution < 1.29 is 12.9 Å². The van der Waals surface area contributed by atoms with Gasteiger partial charge in [0.25, 0.3) is 0 Å². The zero-order valence-electron chi connectivity index (χ0n) is 12.0. The third-order valence-corrected chi connectivity index (χ3v) is 4.32. The minimum absolute atomic E-state index is 0.00283. The molecule has 2 heterocycles. The molecule has 2 aromatic heterocycles. The van der Waals surface area contributed by atoms with Crippen LogP contribution in [0, 0.1) is 0 Å². The van der Waals surface area contributed by atoms with Crippen molar-refractivity contribution in [3.05, 3.63) is 30.2 Å². The van der Waals surface area contributed by atoms with E-state index in [1.165, 1.54) is 0 Å². The Morgan fingerprint density at radius 1 is 1.38 bits per heavy atom. The molecule has 0 aliphatic heterocycles. The molecule has 2 aromatic rings. The number of rotatable bonds is 8. The minimum Gasteiger partial charge on any atom is -0.352 e. The van der Waals surface area contributed by atoms with Crippen molar-refractivity contribution in [1.82, 2.24) is 24.7 Å². The summed E-state index contributed by atoms with van der Waals surface area (Å²) in [6.45, 7) is 3.60. The second kappa shape index (κ2) is 6.83. The zero-order chi connectivity index (χ0) is 15.3. The van der Waals surface area contributed by atoms with Crippen molar-refractivity contribution >= 4 is 10.0 Å². The van der Waals surface area contributed by atoms with Crippen molar-refractivity contribution in [2.75, 3.05) is 6.54 Å². The van der Waals surface area contributed by atoms with Crippen molar-refractivity contribution in [1.29, 1.82) is 0 Å². The Labute approximate surface area is 123 Å². The summed E-state index contributed by atoms with van der Waals surface area (Å²) in [5.41, 5.74) is 0.906. The second-order valence-corrected chi connectivity index (χ2v) is 6.39. The maximum absolute atomic E-state index is 12.2. The van der Waals surface area contributed by atoms with Crippen LogP contribution in [0.2, 0.25) is 0 Å². The fourth-order valence-corrected chi connectivity index (χ4v) is 2.88. The molecule has 2 N–H and O–H groups in total. The van der Waals surface area contributed by atoms with Gasteiger partial charge in [-0.25, -0.2) is 13.1 Å². The van der Waals surface area contributed by atoms with E-state index in [0.29, 0.717) is 12.4 Å². The van der Waals surface area contributed by atoms with E-state index in [0.717, 1.165) is 25.1 Å². The Balaban J connectivity index is 2.04. The maximum Gasteiger partial charge on any atom is 0.242 e. The molecule has 0 saturated carbocycles. The number of aromatic nitrogens is 3. The van der Waals surface area contributed by atoms with Crippen LogP contribution in [0.3, 0.4) is 0 Å². The number of hydrogen-bond acceptors (Lipinski definition) is 6. The van der Waals surface area contributed by atoms with Crippen LogP contribution in [0.1, 0.15) is 24.9 Å². The number of aryl methyl sites for hydroxylation is 1. The molecule has 0 fully saturated rings. The molecular formula is C12H19N5O3S. The maximum atomic E-state index is 12.2. The monoisotopic (exact) mass is 313 g/mol. The lowest BCUT2D eigenvalue weighted by Gasteiger charge is -2.03. The van der Waals surface area contributed by atoms with E-state index < -0.39 is 10.0 Å². The topological polar surface area (TPSA) is 102 Å². The van der Waals surface area contributed by atoms with Gasteiger partial charge in [-0.15, -0.1) is 0 Å². The molecule has 0 radical (unpaired) electrons. The predicted octanol–water partition coefficient (Wildman–Crippen LogP) is 0.386. The first-order valence-electron chi connectivity index (χ1n) is 6.64. The van der Waals surface area contributed by atoms with Gasteiger partial charge in [0.15, 0.2) is 5.82 Å². The average molecular weight is 313 g/mol. The smallest absolute Gasteiger partial charge is 0.242 e. The highest BCUT2D eigenvalue weighted by atomic mass is 32.2. The Morgan fingerprint density at radius 2 is 2.19 bits per heavy atom. The van der Waals surface area contributed by atoms with Gasteiger partial charge in [-0.05, 0) is 19.0 Å². The third-order valence-electron chi connectivity index (χ3n) is 2.95. The SMILES string of the molecule is CCCNCc1cc(S(=O)(=O)NCc2ncon2)cn1C. The van der Waals surface area contributed by atoms with Gasteiger partial charge in [0.1, 0.15) is 0 Å². The molecule has 2 rings (SSSR count). The molecule has 116 valence electrons. The largest absolute Gasteiger partial charge is 0.352 e. The first-order chi connectivity index (χ1) is 10.0. The summed E-state index contributed by atoms with van der Waals surface area (Å²) in [4.78, 5) is 3.99. The van der Waals surface area contributed by atoms with E-state index in [-0.39, 0.29) is 11.4 Å². The summed E-state index contributed by atoms with van der Waals surface area (Å²) in [5.74, 6) is 0.291. The normalized spacial score (nSPS) is 11.9. The van der Waals surface area contributed by atoms with Crippen LogP contribution in [0.4, 0.5) is 0 Å². The highest BCUT2D eigenvalue weighted by molar-refractivity contribution is 7.89. The van der Waals surface area contributed by atoms with Crippen LogP contribution >= 0.6 is 0 Å². The first-order valence-corrected chi connectivity index (χ1v) is 8.12. The van der Waals surface area contributed by atoms with Gasteiger partial charge in [0.05, 0.1) is 11.4 Å². The highest BCUT2D eigenvalue weighted by Crippen LogP contribution is 2.13. The summed E-state index contributed by atoms with van der Waals surface area (Å²) in [6, 6.07) is 1.65. The van der Waals surface area contributed by atoms with Crippen LogP contribution in [0.15, 0.2) is 28.1 Å². The average Bonchev–Trinajstić information content (AvgIpc) is 3.07. The Hall–Kier alpha value is -1.71. The van der Waals surface area contributed by atoms with E-state index in [2.05, 4.69) is 31.6 Å². The van der Waals surface area contributed by atoms with Crippen LogP contribution < -0.4 is 10.0 Å². The molecule has 0 bridgehead atoms. The zero-order valence-corrected chi connectivity index (χ0v) is 12.9. The quantitative estimate of drug-likeness (QED) is 0.683. The van der Waals surface area contributed by atoms with Crippen molar-refractivity contribution in [2.24, 2.45) is 7.05 Å². The molecule has 9 heteroatoms. The van der Waals surface area contributed by atoms with Crippen LogP contribution in [0.5, 0.6) is 0 Å². The number of nitrogens with zero attached hydrogens (tertiary/aromatic N) is 3. The fraction of sp³-hybridized carbons (Fsp3) is 0.500. The lowest BCUT2D eigenvalue weighted by Crippen LogP contribution is -2.23. The summed E-state index contributed by atoms with van der Waals surface area (Å²) < 4.78 is 33.2. The summed E-state index contributed by atoms with van der Waals surface area (Å²) in [5, 5.41) is 6.80. The highest BCUT2D eigenvalue weighted by Gasteiger charge is 2.18. The Bertz CT molecular complexity index is 663. The summed E-state index contributed by atoms with van der Waals surface area (Å²) in [7, 11) is -1.77. The van der Waals surface area contributed by atoms with Gasteiger partial charge in [0.2, 0.25) is 16.4 Å². The molecule has 0 aliphatic rings. The predicted molar refractivity (Wildman–Crippen MR) is 75.7 cm³/mol. The Morgan fingerprint density at radius 3 is 2.86 bits per heavy atom. The van der Waals surface area contributed by atoms with E-state index >= 15 is 0 Å². The van der Waals surface area contributed by atoms with Gasteiger partial charge in [0, 0.05) is 25.5 Å². The Kier molecular flexibility index (Phi) is 5.10.